The van der Waals surface area contributed by atoms with Crippen molar-refractivity contribution in [3.05, 3.63) is 18.1 Å². The summed E-state index contributed by atoms with van der Waals surface area (Å²) in [6, 6.07) is 0. The van der Waals surface area contributed by atoms with E-state index in [-0.39, 0.29) is 0 Å². The second kappa shape index (κ2) is 1.76. The van der Waals surface area contributed by atoms with Gasteiger partial charge in [0.05, 0.1) is 23.5 Å². The second-order valence-corrected chi connectivity index (χ2v) is 2.04. The van der Waals surface area contributed by atoms with Gasteiger partial charge in [-0.1, -0.05) is 5.16 Å². The maximum absolute atomic E-state index is 4.90. The van der Waals surface area contributed by atoms with Crippen molar-refractivity contribution in [1.29, 1.82) is 0 Å². The van der Waals surface area contributed by atoms with E-state index in [4.69, 9.17) is 4.52 Å². The van der Waals surface area contributed by atoms with Gasteiger partial charge < -0.3 is 4.52 Å². The first-order valence-corrected chi connectivity index (χ1v) is 2.90. The van der Waals surface area contributed by atoms with Gasteiger partial charge in [-0.3, -0.25) is 0 Å². The molecule has 0 aliphatic rings. The molecule has 0 aromatic carbocycles. The Bertz CT molecular complexity index is 355. The van der Waals surface area contributed by atoms with Gasteiger partial charge in [-0.15, -0.1) is 0 Å². The molecule has 2 aromatic rings. The lowest BCUT2D eigenvalue weighted by Gasteiger charge is -1.80. The summed E-state index contributed by atoms with van der Waals surface area (Å²) < 4.78 is 4.90. The van der Waals surface area contributed by atoms with Crippen LogP contribution in [-0.4, -0.2) is 15.4 Å². The van der Waals surface area contributed by atoms with Crippen molar-refractivity contribution in [2.24, 2.45) is 0 Å². The molecular formula is C6H5N3O. The Morgan fingerprint density at radius 2 is 2.10 bits per heavy atom. The van der Waals surface area contributed by atoms with Gasteiger partial charge in [0.2, 0.25) is 0 Å². The fraction of sp³-hybridized carbons (Fsp3) is 0.167. The van der Waals surface area contributed by atoms with Crippen LogP contribution in [0.4, 0.5) is 0 Å². The van der Waals surface area contributed by atoms with Crippen LogP contribution in [0, 0.1) is 6.92 Å². The summed E-state index contributed by atoms with van der Waals surface area (Å²) in [5.41, 5.74) is 1.54. The third-order valence-electron chi connectivity index (χ3n) is 1.36. The highest BCUT2D eigenvalue weighted by molar-refractivity contribution is 5.76. The fourth-order valence-corrected chi connectivity index (χ4v) is 0.821. The summed E-state index contributed by atoms with van der Waals surface area (Å²) in [5, 5.41) is 12.0. The molecule has 0 N–H and O–H groups in total. The molecule has 0 amide bonds. The van der Waals surface area contributed by atoms with Gasteiger partial charge in [-0.2, -0.15) is 10.2 Å². The Morgan fingerprint density at radius 1 is 1.30 bits per heavy atom. The molecular weight excluding hydrogens is 130 g/mol. The Labute approximate surface area is 56.9 Å². The highest BCUT2D eigenvalue weighted by Gasteiger charge is 2.01. The molecule has 0 atom stereocenters. The van der Waals surface area contributed by atoms with Crippen molar-refractivity contribution >= 4 is 11.0 Å². The van der Waals surface area contributed by atoms with Gasteiger partial charge in [0.15, 0.2) is 5.58 Å². The first-order valence-electron chi connectivity index (χ1n) is 2.90. The van der Waals surface area contributed by atoms with Crippen LogP contribution in [-0.2, 0) is 0 Å². The van der Waals surface area contributed by atoms with Crippen LogP contribution in [0.2, 0.25) is 0 Å². The van der Waals surface area contributed by atoms with Crippen LogP contribution in [0.3, 0.4) is 0 Å². The maximum Gasteiger partial charge on any atom is 0.188 e. The lowest BCUT2D eigenvalue weighted by molar-refractivity contribution is 0.449. The van der Waals surface area contributed by atoms with Crippen LogP contribution in [0.25, 0.3) is 11.0 Å². The fourth-order valence-electron chi connectivity index (χ4n) is 0.821. The zero-order chi connectivity index (χ0) is 6.97. The Morgan fingerprint density at radius 3 is 2.90 bits per heavy atom. The predicted molar refractivity (Wildman–Crippen MR) is 34.3 cm³/mol. The van der Waals surface area contributed by atoms with Crippen molar-refractivity contribution in [1.82, 2.24) is 15.4 Å². The molecule has 0 fully saturated rings. The largest absolute Gasteiger partial charge is 0.354 e. The van der Waals surface area contributed by atoms with Crippen molar-refractivity contribution in [3.63, 3.8) is 0 Å². The van der Waals surface area contributed by atoms with Crippen molar-refractivity contribution < 1.29 is 4.52 Å². The molecule has 0 bridgehead atoms. The number of aryl methyl sites for hydroxylation is 1. The summed E-state index contributed by atoms with van der Waals surface area (Å²) in [7, 11) is 0. The standard InChI is InChI=1S/C6H5N3O/c1-4-5-2-7-8-3-6(5)10-9-4/h2-3H,1H3. The Kier molecular flexibility index (Phi) is 0.943. The van der Waals surface area contributed by atoms with E-state index in [1.54, 1.807) is 12.4 Å². The maximum atomic E-state index is 4.90. The number of hydrogen-bond acceptors (Lipinski definition) is 4. The van der Waals surface area contributed by atoms with Crippen LogP contribution in [0.5, 0.6) is 0 Å². The second-order valence-electron chi connectivity index (χ2n) is 2.04. The molecule has 4 nitrogen and oxygen atoms in total. The number of fused-ring (bicyclic) bond motifs is 1. The minimum Gasteiger partial charge on any atom is -0.354 e. The van der Waals surface area contributed by atoms with Gasteiger partial charge in [-0.25, -0.2) is 0 Å². The van der Waals surface area contributed by atoms with Crippen molar-refractivity contribution in [2.45, 2.75) is 6.92 Å². The number of aromatic nitrogens is 3. The summed E-state index contributed by atoms with van der Waals surface area (Å²) in [6.45, 7) is 1.87. The zero-order valence-electron chi connectivity index (χ0n) is 5.40. The van der Waals surface area contributed by atoms with E-state index in [9.17, 15) is 0 Å². The molecule has 2 heterocycles. The molecule has 10 heavy (non-hydrogen) atoms. The molecule has 0 unspecified atom stereocenters. The highest BCUT2D eigenvalue weighted by Crippen LogP contribution is 2.13. The van der Waals surface area contributed by atoms with E-state index in [1.165, 1.54) is 0 Å². The van der Waals surface area contributed by atoms with Gasteiger partial charge >= 0.3 is 0 Å². The van der Waals surface area contributed by atoms with Gasteiger partial charge in [-0.05, 0) is 6.92 Å². The average molecular weight is 135 g/mol. The van der Waals surface area contributed by atoms with Crippen LogP contribution < -0.4 is 0 Å². The Hall–Kier alpha value is -1.45. The molecule has 0 saturated heterocycles. The van der Waals surface area contributed by atoms with E-state index < -0.39 is 0 Å². The van der Waals surface area contributed by atoms with E-state index in [2.05, 4.69) is 15.4 Å². The van der Waals surface area contributed by atoms with Crippen molar-refractivity contribution in [3.8, 4) is 0 Å². The molecule has 50 valence electrons. The lowest BCUT2D eigenvalue weighted by atomic mass is 10.3. The number of nitrogens with zero attached hydrogens (tertiary/aromatic N) is 3. The minimum atomic E-state index is 0.688. The number of rotatable bonds is 0. The molecule has 2 rings (SSSR count). The molecule has 0 aliphatic heterocycles. The monoisotopic (exact) mass is 135 g/mol. The quantitative estimate of drug-likeness (QED) is 0.539. The molecule has 4 heteroatoms. The van der Waals surface area contributed by atoms with Gasteiger partial charge in [0.25, 0.3) is 0 Å². The molecule has 0 aliphatic carbocycles. The van der Waals surface area contributed by atoms with Gasteiger partial charge in [0.1, 0.15) is 0 Å². The van der Waals surface area contributed by atoms with E-state index in [1.807, 2.05) is 6.92 Å². The topological polar surface area (TPSA) is 51.8 Å². The first kappa shape index (κ1) is 5.34. The molecule has 0 spiro atoms. The summed E-state index contributed by atoms with van der Waals surface area (Å²) >= 11 is 0. The SMILES string of the molecule is Cc1noc2cnncc12. The van der Waals surface area contributed by atoms with Crippen LogP contribution in [0.15, 0.2) is 16.9 Å². The minimum absolute atomic E-state index is 0.688. The predicted octanol–water partition coefficient (Wildman–Crippen LogP) is 0.926. The molecule has 0 saturated carbocycles. The molecule has 2 aromatic heterocycles. The first-order chi connectivity index (χ1) is 4.88. The van der Waals surface area contributed by atoms with E-state index >= 15 is 0 Å². The summed E-state index contributed by atoms with van der Waals surface area (Å²) in [6.07, 6.45) is 3.19. The molecule has 0 radical (unpaired) electrons. The highest BCUT2D eigenvalue weighted by atomic mass is 16.5. The van der Waals surface area contributed by atoms with Crippen LogP contribution in [0.1, 0.15) is 5.69 Å². The van der Waals surface area contributed by atoms with E-state index in [0.29, 0.717) is 5.58 Å². The van der Waals surface area contributed by atoms with Gasteiger partial charge in [0, 0.05) is 0 Å². The smallest absolute Gasteiger partial charge is 0.188 e. The van der Waals surface area contributed by atoms with Crippen molar-refractivity contribution in [2.75, 3.05) is 0 Å². The number of hydrogen-bond donors (Lipinski definition) is 0. The summed E-state index contributed by atoms with van der Waals surface area (Å²) in [4.78, 5) is 0. The van der Waals surface area contributed by atoms with Crippen LogP contribution >= 0.6 is 0 Å². The third-order valence-corrected chi connectivity index (χ3v) is 1.36. The summed E-state index contributed by atoms with van der Waals surface area (Å²) in [5.74, 6) is 0. The Balaban J connectivity index is 2.93. The van der Waals surface area contributed by atoms with E-state index in [0.717, 1.165) is 11.1 Å². The zero-order valence-corrected chi connectivity index (χ0v) is 5.40. The third kappa shape index (κ3) is 0.586. The lowest BCUT2D eigenvalue weighted by Crippen LogP contribution is -1.76. The average Bonchev–Trinajstić information content (AvgIpc) is 2.34. The normalized spacial score (nSPS) is 10.5.